The Morgan fingerprint density at radius 3 is 2.61 bits per heavy atom. The number of carbonyl (C=O) groups is 2. The Balaban J connectivity index is 1.39. The highest BCUT2D eigenvalue weighted by atomic mass is 19.4. The van der Waals surface area contributed by atoms with E-state index >= 15 is 0 Å². The molecule has 0 aliphatic carbocycles. The van der Waals surface area contributed by atoms with Gasteiger partial charge >= 0.3 is 12.1 Å². The first-order valence-electron chi connectivity index (χ1n) is 10.4. The lowest BCUT2D eigenvalue weighted by molar-refractivity contribution is -0.146. The van der Waals surface area contributed by atoms with Crippen LogP contribution in [0, 0.1) is 5.92 Å². The Morgan fingerprint density at radius 1 is 1.15 bits per heavy atom. The van der Waals surface area contributed by atoms with Crippen LogP contribution in [0.4, 0.5) is 24.7 Å². The van der Waals surface area contributed by atoms with Gasteiger partial charge in [0.2, 0.25) is 5.91 Å². The summed E-state index contributed by atoms with van der Waals surface area (Å²) in [4.78, 5) is 26.4. The van der Waals surface area contributed by atoms with Crippen molar-refractivity contribution in [3.8, 4) is 0 Å². The van der Waals surface area contributed by atoms with E-state index < -0.39 is 18.0 Å². The third-order valence-electron chi connectivity index (χ3n) is 5.33. The highest BCUT2D eigenvalue weighted by Gasteiger charge is 2.38. The summed E-state index contributed by atoms with van der Waals surface area (Å²) in [7, 11) is 0. The predicted octanol–water partition coefficient (Wildman–Crippen LogP) is 3.17. The molecule has 33 heavy (non-hydrogen) atoms. The number of ether oxygens (including phenoxy) is 1. The van der Waals surface area contributed by atoms with E-state index in [9.17, 15) is 22.8 Å². The van der Waals surface area contributed by atoms with E-state index in [-0.39, 0.29) is 24.1 Å². The van der Waals surface area contributed by atoms with Gasteiger partial charge in [-0.05, 0) is 50.1 Å². The van der Waals surface area contributed by atoms with Crippen molar-refractivity contribution in [2.45, 2.75) is 25.9 Å². The number of hydrogen-bond donors (Lipinski definition) is 1. The summed E-state index contributed by atoms with van der Waals surface area (Å²) in [5.74, 6) is -1.75. The molecule has 0 unspecified atom stereocenters. The minimum atomic E-state index is -4.67. The largest absolute Gasteiger partial charge is 0.462 e. The van der Waals surface area contributed by atoms with E-state index in [4.69, 9.17) is 4.74 Å². The number of halogens is 3. The van der Waals surface area contributed by atoms with Crippen molar-refractivity contribution in [3.63, 3.8) is 0 Å². The minimum absolute atomic E-state index is 0.00499. The molecule has 1 amide bonds. The molecule has 0 spiro atoms. The number of nitrogens with one attached hydrogen (secondary N) is 1. The second-order valence-corrected chi connectivity index (χ2v) is 7.53. The van der Waals surface area contributed by atoms with Crippen LogP contribution in [0.1, 0.15) is 35.9 Å². The van der Waals surface area contributed by atoms with Gasteiger partial charge in [0.05, 0.1) is 12.2 Å². The Hall–Kier alpha value is -3.70. The Labute approximate surface area is 186 Å². The van der Waals surface area contributed by atoms with Gasteiger partial charge in [-0.1, -0.05) is 6.07 Å². The van der Waals surface area contributed by atoms with Crippen LogP contribution in [0.2, 0.25) is 0 Å². The molecule has 2 aromatic heterocycles. The van der Waals surface area contributed by atoms with E-state index in [0.717, 1.165) is 0 Å². The number of benzene rings is 1. The summed E-state index contributed by atoms with van der Waals surface area (Å²) in [6, 6.07) is 9.53. The zero-order valence-corrected chi connectivity index (χ0v) is 17.7. The zero-order chi connectivity index (χ0) is 23.6. The molecule has 1 fully saturated rings. The van der Waals surface area contributed by atoms with E-state index in [0.29, 0.717) is 47.5 Å². The van der Waals surface area contributed by atoms with E-state index in [1.165, 1.54) is 6.07 Å². The number of aromatic nitrogens is 4. The van der Waals surface area contributed by atoms with Gasteiger partial charge in [0, 0.05) is 24.7 Å². The molecular formula is C21H21F3N6O3. The molecule has 0 bridgehead atoms. The van der Waals surface area contributed by atoms with Gasteiger partial charge in [-0.3, -0.25) is 4.79 Å². The summed E-state index contributed by atoms with van der Waals surface area (Å²) in [5.41, 5.74) is 0.843. The van der Waals surface area contributed by atoms with E-state index in [1.807, 2.05) is 4.90 Å². The molecule has 1 aromatic carbocycles. The highest BCUT2D eigenvalue weighted by Crippen LogP contribution is 2.29. The standard InChI is InChI=1S/C21H21F3N6O3/c1-2-33-19(32)14-4-3-5-15(12-14)25-18(31)13-8-10-29(11-9-13)17-7-6-16-26-27-20(21(22,23)24)30(16)28-17/h3-7,12-13H,2,8-11H2,1H3,(H,25,31). The SMILES string of the molecule is CCOC(=O)c1cccc(NC(=O)C2CCN(c3ccc4nnc(C(F)(F)F)n4n3)CC2)c1. The number of piperidine rings is 1. The minimum Gasteiger partial charge on any atom is -0.462 e. The maximum absolute atomic E-state index is 13.1. The number of alkyl halides is 3. The molecule has 3 heterocycles. The molecule has 9 nitrogen and oxygen atoms in total. The van der Waals surface area contributed by atoms with Gasteiger partial charge in [0.1, 0.15) is 5.82 Å². The number of anilines is 2. The lowest BCUT2D eigenvalue weighted by atomic mass is 9.95. The third-order valence-corrected chi connectivity index (χ3v) is 5.33. The van der Waals surface area contributed by atoms with Crippen molar-refractivity contribution in [1.82, 2.24) is 19.8 Å². The zero-order valence-electron chi connectivity index (χ0n) is 17.7. The Morgan fingerprint density at radius 2 is 1.91 bits per heavy atom. The lowest BCUT2D eigenvalue weighted by Gasteiger charge is -2.32. The molecule has 0 saturated carbocycles. The first-order chi connectivity index (χ1) is 15.8. The number of hydrogen-bond acceptors (Lipinski definition) is 7. The molecule has 12 heteroatoms. The van der Waals surface area contributed by atoms with Crippen molar-refractivity contribution >= 4 is 29.0 Å². The van der Waals surface area contributed by atoms with Crippen LogP contribution in [-0.2, 0) is 15.7 Å². The molecule has 1 aliphatic heterocycles. The number of nitrogens with zero attached hydrogens (tertiary/aromatic N) is 5. The smallest absolute Gasteiger partial charge is 0.453 e. The number of fused-ring (bicyclic) bond motifs is 1. The number of carbonyl (C=O) groups excluding carboxylic acids is 2. The predicted molar refractivity (Wildman–Crippen MR) is 112 cm³/mol. The summed E-state index contributed by atoms with van der Waals surface area (Å²) >= 11 is 0. The first kappa shape index (κ1) is 22.5. The topological polar surface area (TPSA) is 102 Å². The van der Waals surface area contributed by atoms with Crippen LogP contribution >= 0.6 is 0 Å². The maximum Gasteiger partial charge on any atom is 0.453 e. The molecule has 3 aromatic rings. The molecule has 1 aliphatic rings. The molecule has 0 atom stereocenters. The van der Waals surface area contributed by atoms with Crippen molar-refractivity contribution < 1.29 is 27.5 Å². The molecule has 0 radical (unpaired) electrons. The second kappa shape index (κ2) is 9.04. The molecule has 4 rings (SSSR count). The Bertz CT molecular complexity index is 1170. The Kier molecular flexibility index (Phi) is 6.16. The van der Waals surface area contributed by atoms with Crippen LogP contribution in [0.3, 0.4) is 0 Å². The van der Waals surface area contributed by atoms with Gasteiger partial charge < -0.3 is 15.0 Å². The number of amides is 1. The van der Waals surface area contributed by atoms with Gasteiger partial charge in [0.15, 0.2) is 5.65 Å². The fraction of sp³-hybridized carbons (Fsp3) is 0.381. The third kappa shape index (κ3) is 4.89. The molecule has 1 N–H and O–H groups in total. The van der Waals surface area contributed by atoms with Crippen molar-refractivity contribution in [1.29, 1.82) is 0 Å². The monoisotopic (exact) mass is 462 g/mol. The summed E-state index contributed by atoms with van der Waals surface area (Å²) < 4.78 is 45.0. The molecule has 174 valence electrons. The van der Waals surface area contributed by atoms with Gasteiger partial charge in [-0.15, -0.1) is 15.3 Å². The lowest BCUT2D eigenvalue weighted by Crippen LogP contribution is -2.38. The van der Waals surface area contributed by atoms with Gasteiger partial charge in [-0.2, -0.15) is 17.7 Å². The van der Waals surface area contributed by atoms with Gasteiger partial charge in [0.25, 0.3) is 5.82 Å². The molecular weight excluding hydrogens is 441 g/mol. The quantitative estimate of drug-likeness (QED) is 0.581. The van der Waals surface area contributed by atoms with Crippen molar-refractivity contribution in [2.24, 2.45) is 5.92 Å². The maximum atomic E-state index is 13.1. The second-order valence-electron chi connectivity index (χ2n) is 7.53. The van der Waals surface area contributed by atoms with Gasteiger partial charge in [-0.25, -0.2) is 4.79 Å². The van der Waals surface area contributed by atoms with Crippen LogP contribution < -0.4 is 10.2 Å². The fourth-order valence-electron chi connectivity index (χ4n) is 3.68. The number of esters is 1. The van der Waals surface area contributed by atoms with Crippen molar-refractivity contribution in [3.05, 3.63) is 47.8 Å². The summed E-state index contributed by atoms with van der Waals surface area (Å²) in [6.45, 7) is 2.86. The molecule has 1 saturated heterocycles. The van der Waals surface area contributed by atoms with E-state index in [2.05, 4.69) is 20.6 Å². The highest BCUT2D eigenvalue weighted by molar-refractivity contribution is 5.95. The van der Waals surface area contributed by atoms with Crippen LogP contribution in [0.25, 0.3) is 5.65 Å². The average molecular weight is 462 g/mol. The van der Waals surface area contributed by atoms with Crippen molar-refractivity contribution in [2.75, 3.05) is 29.9 Å². The summed E-state index contributed by atoms with van der Waals surface area (Å²) in [5, 5.41) is 13.6. The number of rotatable bonds is 5. The van der Waals surface area contributed by atoms with Crippen LogP contribution in [0.5, 0.6) is 0 Å². The first-order valence-corrected chi connectivity index (χ1v) is 10.4. The van der Waals surface area contributed by atoms with Crippen LogP contribution in [-0.4, -0.2) is 51.4 Å². The fourth-order valence-corrected chi connectivity index (χ4v) is 3.68. The normalized spacial score (nSPS) is 15.0. The summed E-state index contributed by atoms with van der Waals surface area (Å²) in [6.07, 6.45) is -3.67. The van der Waals surface area contributed by atoms with E-state index in [1.54, 1.807) is 37.3 Å². The van der Waals surface area contributed by atoms with Crippen LogP contribution in [0.15, 0.2) is 36.4 Å². The average Bonchev–Trinajstić information content (AvgIpc) is 3.23.